The lowest BCUT2D eigenvalue weighted by Gasteiger charge is -1.98. The Labute approximate surface area is 95.8 Å². The highest BCUT2D eigenvalue weighted by Crippen LogP contribution is 2.22. The monoisotopic (exact) mass is 228 g/mol. The fourth-order valence-electron chi connectivity index (χ4n) is 1.49. The molecule has 0 saturated heterocycles. The Morgan fingerprint density at radius 1 is 1.00 bits per heavy atom. The van der Waals surface area contributed by atoms with Gasteiger partial charge in [-0.15, -0.1) is 11.3 Å². The van der Waals surface area contributed by atoms with Crippen LogP contribution >= 0.6 is 11.3 Å². The van der Waals surface area contributed by atoms with Gasteiger partial charge in [-0.25, -0.2) is 9.97 Å². The third-order valence-electron chi connectivity index (χ3n) is 2.23. The number of fused-ring (bicyclic) bond motifs is 1. The number of nitrogens with zero attached hydrogens (tertiary/aromatic N) is 3. The molecule has 0 amide bonds. The summed E-state index contributed by atoms with van der Waals surface area (Å²) in [5.41, 5.74) is 8.87. The summed E-state index contributed by atoms with van der Waals surface area (Å²) in [6.07, 6.45) is 1.72. The van der Waals surface area contributed by atoms with Gasteiger partial charge in [0.05, 0.1) is 17.2 Å². The maximum absolute atomic E-state index is 5.59. The van der Waals surface area contributed by atoms with Gasteiger partial charge in [-0.2, -0.15) is 0 Å². The molecule has 3 aromatic rings. The Bertz CT molecular complexity index is 647. The van der Waals surface area contributed by atoms with Crippen LogP contribution in [0.5, 0.6) is 0 Å². The van der Waals surface area contributed by atoms with Crippen LogP contribution in [-0.2, 0) is 0 Å². The molecule has 0 bridgehead atoms. The van der Waals surface area contributed by atoms with Crippen molar-refractivity contribution in [3.8, 4) is 11.4 Å². The Kier molecular flexibility index (Phi) is 2.04. The molecule has 78 valence electrons. The molecular weight excluding hydrogens is 220 g/mol. The van der Waals surface area contributed by atoms with Crippen LogP contribution in [0.4, 0.5) is 5.13 Å². The molecule has 3 rings (SSSR count). The molecule has 0 radical (unpaired) electrons. The Hall–Kier alpha value is -2.01. The normalized spacial score (nSPS) is 10.8. The van der Waals surface area contributed by atoms with E-state index in [1.54, 1.807) is 6.20 Å². The van der Waals surface area contributed by atoms with E-state index in [2.05, 4.69) is 15.0 Å². The molecule has 5 heteroatoms. The van der Waals surface area contributed by atoms with E-state index in [1.165, 1.54) is 11.3 Å². The van der Waals surface area contributed by atoms with E-state index in [9.17, 15) is 0 Å². The minimum absolute atomic E-state index is 0.546. The number of hydrogen-bond acceptors (Lipinski definition) is 5. The summed E-state index contributed by atoms with van der Waals surface area (Å²) in [6.45, 7) is 0. The van der Waals surface area contributed by atoms with Gasteiger partial charge in [0, 0.05) is 5.38 Å². The second kappa shape index (κ2) is 3.53. The zero-order valence-corrected chi connectivity index (χ0v) is 9.11. The molecule has 0 aliphatic rings. The third-order valence-corrected chi connectivity index (χ3v) is 2.91. The summed E-state index contributed by atoms with van der Waals surface area (Å²) >= 11 is 1.40. The molecule has 0 saturated carbocycles. The van der Waals surface area contributed by atoms with Crippen molar-refractivity contribution in [2.24, 2.45) is 0 Å². The van der Waals surface area contributed by atoms with Crippen LogP contribution in [0.25, 0.3) is 22.4 Å². The van der Waals surface area contributed by atoms with Gasteiger partial charge in [0.15, 0.2) is 5.13 Å². The van der Waals surface area contributed by atoms with Crippen molar-refractivity contribution < 1.29 is 0 Å². The molecule has 2 aromatic heterocycles. The first-order chi connectivity index (χ1) is 7.83. The van der Waals surface area contributed by atoms with E-state index in [1.807, 2.05) is 29.6 Å². The van der Waals surface area contributed by atoms with E-state index in [-0.39, 0.29) is 0 Å². The molecular formula is C11H8N4S. The molecule has 0 atom stereocenters. The molecule has 0 spiro atoms. The topological polar surface area (TPSA) is 64.7 Å². The number of para-hydroxylation sites is 2. The molecule has 1 aromatic carbocycles. The number of anilines is 1. The quantitative estimate of drug-likeness (QED) is 0.694. The number of hydrogen-bond donors (Lipinski definition) is 1. The van der Waals surface area contributed by atoms with Crippen molar-refractivity contribution in [1.82, 2.24) is 15.0 Å². The standard InChI is InChI=1S/C11H8N4S/c12-11-15-10(6-16-11)9-5-13-7-3-1-2-4-8(7)14-9/h1-6H,(H2,12,15). The van der Waals surface area contributed by atoms with E-state index in [0.29, 0.717) is 5.13 Å². The van der Waals surface area contributed by atoms with Crippen LogP contribution in [0.15, 0.2) is 35.8 Å². The highest BCUT2D eigenvalue weighted by molar-refractivity contribution is 7.13. The first kappa shape index (κ1) is 9.23. The number of rotatable bonds is 1. The van der Waals surface area contributed by atoms with Gasteiger partial charge in [0.1, 0.15) is 11.4 Å². The smallest absolute Gasteiger partial charge is 0.180 e. The minimum atomic E-state index is 0.546. The van der Waals surface area contributed by atoms with Gasteiger partial charge in [0.2, 0.25) is 0 Å². The van der Waals surface area contributed by atoms with Crippen LogP contribution in [0.1, 0.15) is 0 Å². The number of thiazole rings is 1. The Balaban J connectivity index is 2.18. The fourth-order valence-corrected chi connectivity index (χ4v) is 2.04. The van der Waals surface area contributed by atoms with Crippen molar-refractivity contribution in [3.05, 3.63) is 35.8 Å². The van der Waals surface area contributed by atoms with E-state index >= 15 is 0 Å². The van der Waals surface area contributed by atoms with Crippen LogP contribution in [0, 0.1) is 0 Å². The van der Waals surface area contributed by atoms with Crippen LogP contribution in [0.3, 0.4) is 0 Å². The lowest BCUT2D eigenvalue weighted by atomic mass is 10.3. The van der Waals surface area contributed by atoms with Crippen molar-refractivity contribution in [2.75, 3.05) is 5.73 Å². The van der Waals surface area contributed by atoms with Gasteiger partial charge >= 0.3 is 0 Å². The van der Waals surface area contributed by atoms with Gasteiger partial charge < -0.3 is 5.73 Å². The Morgan fingerprint density at radius 3 is 2.56 bits per heavy atom. The van der Waals surface area contributed by atoms with Crippen molar-refractivity contribution >= 4 is 27.5 Å². The molecule has 0 unspecified atom stereocenters. The van der Waals surface area contributed by atoms with Gasteiger partial charge in [-0.1, -0.05) is 12.1 Å². The summed E-state index contributed by atoms with van der Waals surface area (Å²) in [6, 6.07) is 7.75. The minimum Gasteiger partial charge on any atom is -0.375 e. The SMILES string of the molecule is Nc1nc(-c2cnc3ccccc3n2)cs1. The molecule has 4 nitrogen and oxygen atoms in total. The second-order valence-corrected chi connectivity index (χ2v) is 4.20. The summed E-state index contributed by atoms with van der Waals surface area (Å²) in [5.74, 6) is 0. The van der Waals surface area contributed by atoms with E-state index in [4.69, 9.17) is 5.73 Å². The van der Waals surface area contributed by atoms with Crippen LogP contribution in [-0.4, -0.2) is 15.0 Å². The molecule has 0 fully saturated rings. The predicted octanol–water partition coefficient (Wildman–Crippen LogP) is 2.34. The average molecular weight is 228 g/mol. The highest BCUT2D eigenvalue weighted by Gasteiger charge is 2.05. The van der Waals surface area contributed by atoms with E-state index in [0.717, 1.165) is 22.4 Å². The largest absolute Gasteiger partial charge is 0.375 e. The third kappa shape index (κ3) is 1.51. The number of aromatic nitrogens is 3. The van der Waals surface area contributed by atoms with Gasteiger partial charge in [-0.3, -0.25) is 4.98 Å². The molecule has 16 heavy (non-hydrogen) atoms. The molecule has 2 N–H and O–H groups in total. The first-order valence-electron chi connectivity index (χ1n) is 4.76. The lowest BCUT2D eigenvalue weighted by Crippen LogP contribution is -1.89. The summed E-state index contributed by atoms with van der Waals surface area (Å²) in [4.78, 5) is 13.0. The number of benzene rings is 1. The van der Waals surface area contributed by atoms with Crippen molar-refractivity contribution in [1.29, 1.82) is 0 Å². The molecule has 0 aliphatic heterocycles. The second-order valence-electron chi connectivity index (χ2n) is 3.31. The molecule has 2 heterocycles. The highest BCUT2D eigenvalue weighted by atomic mass is 32.1. The van der Waals surface area contributed by atoms with Crippen LogP contribution in [0.2, 0.25) is 0 Å². The first-order valence-corrected chi connectivity index (χ1v) is 5.64. The van der Waals surface area contributed by atoms with Crippen molar-refractivity contribution in [2.45, 2.75) is 0 Å². The zero-order valence-electron chi connectivity index (χ0n) is 8.29. The lowest BCUT2D eigenvalue weighted by molar-refractivity contribution is 1.26. The Morgan fingerprint density at radius 2 is 1.81 bits per heavy atom. The summed E-state index contributed by atoms with van der Waals surface area (Å²) in [5, 5.41) is 2.43. The van der Waals surface area contributed by atoms with E-state index < -0.39 is 0 Å². The van der Waals surface area contributed by atoms with Crippen LogP contribution < -0.4 is 5.73 Å². The van der Waals surface area contributed by atoms with Crippen molar-refractivity contribution in [3.63, 3.8) is 0 Å². The van der Waals surface area contributed by atoms with Gasteiger partial charge in [0.25, 0.3) is 0 Å². The number of nitrogen functional groups attached to an aromatic ring is 1. The maximum atomic E-state index is 5.59. The zero-order chi connectivity index (χ0) is 11.0. The maximum Gasteiger partial charge on any atom is 0.180 e. The summed E-state index contributed by atoms with van der Waals surface area (Å²) in [7, 11) is 0. The van der Waals surface area contributed by atoms with Gasteiger partial charge in [-0.05, 0) is 12.1 Å². The average Bonchev–Trinajstić information content (AvgIpc) is 2.75. The predicted molar refractivity (Wildman–Crippen MR) is 65.1 cm³/mol. The molecule has 0 aliphatic carbocycles. The summed E-state index contributed by atoms with van der Waals surface area (Å²) < 4.78 is 0. The number of nitrogens with two attached hydrogens (primary N) is 1. The fraction of sp³-hybridized carbons (Fsp3) is 0.